The van der Waals surface area contributed by atoms with E-state index < -0.39 is 0 Å². The smallest absolute Gasteiger partial charge is 0.146 e. The Morgan fingerprint density at radius 3 is 2.89 bits per heavy atom. The van der Waals surface area contributed by atoms with Crippen LogP contribution in [0.15, 0.2) is 30.6 Å². The van der Waals surface area contributed by atoms with Crippen molar-refractivity contribution in [1.29, 1.82) is 0 Å². The second-order valence-electron chi connectivity index (χ2n) is 4.61. The van der Waals surface area contributed by atoms with E-state index in [9.17, 15) is 4.39 Å². The van der Waals surface area contributed by atoms with Gasteiger partial charge in [0.25, 0.3) is 0 Å². The lowest BCUT2D eigenvalue weighted by molar-refractivity contribution is 0.506. The second kappa shape index (κ2) is 6.43. The zero-order valence-corrected chi connectivity index (χ0v) is 11.3. The van der Waals surface area contributed by atoms with Crippen LogP contribution in [0.25, 0.3) is 0 Å². The summed E-state index contributed by atoms with van der Waals surface area (Å²) in [6.45, 7) is 5.59. The van der Waals surface area contributed by atoms with Gasteiger partial charge in [-0.25, -0.2) is 4.39 Å². The lowest BCUT2D eigenvalue weighted by Gasteiger charge is -2.14. The molecule has 2 rings (SSSR count). The number of nitrogens with one attached hydrogen (secondary N) is 1. The van der Waals surface area contributed by atoms with Crippen LogP contribution in [-0.4, -0.2) is 20.8 Å². The quantitative estimate of drug-likeness (QED) is 0.867. The molecule has 19 heavy (non-hydrogen) atoms. The average molecular weight is 262 g/mol. The van der Waals surface area contributed by atoms with Crippen molar-refractivity contribution < 1.29 is 4.39 Å². The van der Waals surface area contributed by atoms with Gasteiger partial charge in [0.1, 0.15) is 18.0 Å². The van der Waals surface area contributed by atoms with E-state index in [4.69, 9.17) is 0 Å². The predicted molar refractivity (Wildman–Crippen MR) is 72.1 cm³/mol. The number of nitrogens with zero attached hydrogens (tertiary/aromatic N) is 3. The van der Waals surface area contributed by atoms with E-state index in [1.807, 2.05) is 23.6 Å². The average Bonchev–Trinajstić information content (AvgIpc) is 2.86. The SMILES string of the molecule is CCn1cnnc1CNC(C)Cc1ccccc1F. The number of hydrogen-bond acceptors (Lipinski definition) is 3. The summed E-state index contributed by atoms with van der Waals surface area (Å²) in [4.78, 5) is 0. The normalized spacial score (nSPS) is 12.6. The van der Waals surface area contributed by atoms with Gasteiger partial charge in [0, 0.05) is 12.6 Å². The summed E-state index contributed by atoms with van der Waals surface area (Å²) in [7, 11) is 0. The van der Waals surface area contributed by atoms with Gasteiger partial charge in [-0.05, 0) is 31.9 Å². The molecule has 0 saturated carbocycles. The maximum Gasteiger partial charge on any atom is 0.146 e. The molecule has 0 aliphatic heterocycles. The molecule has 1 aromatic heterocycles. The van der Waals surface area contributed by atoms with E-state index in [0.29, 0.717) is 13.0 Å². The Labute approximate surface area is 112 Å². The van der Waals surface area contributed by atoms with Crippen molar-refractivity contribution in [3.63, 3.8) is 0 Å². The first-order valence-corrected chi connectivity index (χ1v) is 6.54. The van der Waals surface area contributed by atoms with Crippen LogP contribution >= 0.6 is 0 Å². The van der Waals surface area contributed by atoms with E-state index >= 15 is 0 Å². The second-order valence-corrected chi connectivity index (χ2v) is 4.61. The minimum absolute atomic E-state index is 0.145. The third kappa shape index (κ3) is 3.61. The highest BCUT2D eigenvalue weighted by Gasteiger charge is 2.09. The Kier molecular flexibility index (Phi) is 4.63. The summed E-state index contributed by atoms with van der Waals surface area (Å²) in [6, 6.07) is 7.07. The topological polar surface area (TPSA) is 42.7 Å². The number of aromatic nitrogens is 3. The van der Waals surface area contributed by atoms with Crippen LogP contribution in [0.1, 0.15) is 25.2 Å². The van der Waals surface area contributed by atoms with Gasteiger partial charge in [-0.1, -0.05) is 18.2 Å². The first-order chi connectivity index (χ1) is 9.20. The Bertz CT molecular complexity index is 524. The van der Waals surface area contributed by atoms with E-state index in [1.165, 1.54) is 6.07 Å². The van der Waals surface area contributed by atoms with Crippen LogP contribution < -0.4 is 5.32 Å². The summed E-state index contributed by atoms with van der Waals surface area (Å²) in [6.07, 6.45) is 2.38. The van der Waals surface area contributed by atoms with E-state index in [-0.39, 0.29) is 11.9 Å². The first-order valence-electron chi connectivity index (χ1n) is 6.54. The van der Waals surface area contributed by atoms with Crippen molar-refractivity contribution in [2.24, 2.45) is 0 Å². The molecule has 0 amide bonds. The molecule has 2 aromatic rings. The van der Waals surface area contributed by atoms with Crippen LogP contribution in [-0.2, 0) is 19.5 Å². The summed E-state index contributed by atoms with van der Waals surface area (Å²) < 4.78 is 15.5. The van der Waals surface area contributed by atoms with Gasteiger partial charge < -0.3 is 9.88 Å². The summed E-state index contributed by atoms with van der Waals surface area (Å²) in [5, 5.41) is 11.3. The summed E-state index contributed by atoms with van der Waals surface area (Å²) >= 11 is 0. The number of rotatable bonds is 6. The largest absolute Gasteiger partial charge is 0.317 e. The molecular weight excluding hydrogens is 243 g/mol. The Morgan fingerprint density at radius 2 is 2.16 bits per heavy atom. The van der Waals surface area contributed by atoms with Gasteiger partial charge >= 0.3 is 0 Å². The van der Waals surface area contributed by atoms with Gasteiger partial charge in [0.2, 0.25) is 0 Å². The van der Waals surface area contributed by atoms with Gasteiger partial charge in [0.15, 0.2) is 0 Å². The number of halogens is 1. The number of hydrogen-bond donors (Lipinski definition) is 1. The van der Waals surface area contributed by atoms with Gasteiger partial charge in [-0.2, -0.15) is 0 Å². The van der Waals surface area contributed by atoms with Crippen molar-refractivity contribution in [1.82, 2.24) is 20.1 Å². The maximum atomic E-state index is 13.5. The molecule has 4 nitrogen and oxygen atoms in total. The van der Waals surface area contributed by atoms with Crippen LogP contribution in [0.4, 0.5) is 4.39 Å². The van der Waals surface area contributed by atoms with Gasteiger partial charge in [-0.3, -0.25) is 0 Å². The molecule has 0 radical (unpaired) electrons. The van der Waals surface area contributed by atoms with Crippen molar-refractivity contribution in [3.05, 3.63) is 47.8 Å². The molecule has 0 saturated heterocycles. The molecule has 0 spiro atoms. The predicted octanol–water partition coefficient (Wildman–Crippen LogP) is 2.16. The van der Waals surface area contributed by atoms with E-state index in [2.05, 4.69) is 22.4 Å². The molecule has 0 aliphatic carbocycles. The molecule has 1 unspecified atom stereocenters. The molecular formula is C14H19FN4. The highest BCUT2D eigenvalue weighted by Crippen LogP contribution is 2.09. The zero-order valence-electron chi connectivity index (χ0n) is 11.3. The molecule has 1 aromatic carbocycles. The minimum Gasteiger partial charge on any atom is -0.317 e. The van der Waals surface area contributed by atoms with E-state index in [1.54, 1.807) is 12.4 Å². The Morgan fingerprint density at radius 1 is 1.37 bits per heavy atom. The lowest BCUT2D eigenvalue weighted by atomic mass is 10.1. The fourth-order valence-corrected chi connectivity index (χ4v) is 2.01. The number of aryl methyl sites for hydroxylation is 1. The Hall–Kier alpha value is -1.75. The van der Waals surface area contributed by atoms with Gasteiger partial charge in [0.05, 0.1) is 6.54 Å². The van der Waals surface area contributed by atoms with Crippen molar-refractivity contribution in [2.45, 2.75) is 39.4 Å². The summed E-state index contributed by atoms with van der Waals surface area (Å²) in [5.41, 5.74) is 0.736. The van der Waals surface area contributed by atoms with Crippen molar-refractivity contribution >= 4 is 0 Å². The highest BCUT2D eigenvalue weighted by molar-refractivity contribution is 5.18. The summed E-state index contributed by atoms with van der Waals surface area (Å²) in [5.74, 6) is 0.760. The molecule has 0 fully saturated rings. The van der Waals surface area contributed by atoms with Crippen molar-refractivity contribution in [2.75, 3.05) is 0 Å². The molecule has 1 heterocycles. The van der Waals surface area contributed by atoms with Crippen LogP contribution in [0.2, 0.25) is 0 Å². The third-order valence-corrected chi connectivity index (χ3v) is 3.13. The molecule has 5 heteroatoms. The fraction of sp³-hybridized carbons (Fsp3) is 0.429. The lowest BCUT2D eigenvalue weighted by Crippen LogP contribution is -2.29. The molecule has 102 valence electrons. The van der Waals surface area contributed by atoms with Gasteiger partial charge in [-0.15, -0.1) is 10.2 Å². The highest BCUT2D eigenvalue weighted by atomic mass is 19.1. The minimum atomic E-state index is -0.145. The molecule has 0 aliphatic rings. The zero-order chi connectivity index (χ0) is 13.7. The molecule has 1 atom stereocenters. The van der Waals surface area contributed by atoms with E-state index in [0.717, 1.165) is 17.9 Å². The van der Waals surface area contributed by atoms with Crippen LogP contribution in [0.5, 0.6) is 0 Å². The number of benzene rings is 1. The maximum absolute atomic E-state index is 13.5. The first kappa shape index (κ1) is 13.7. The van der Waals surface area contributed by atoms with Crippen LogP contribution in [0.3, 0.4) is 0 Å². The van der Waals surface area contributed by atoms with Crippen molar-refractivity contribution in [3.8, 4) is 0 Å². The Balaban J connectivity index is 1.88. The monoisotopic (exact) mass is 262 g/mol. The van der Waals surface area contributed by atoms with Crippen LogP contribution in [0, 0.1) is 5.82 Å². The fourth-order valence-electron chi connectivity index (χ4n) is 2.01. The molecule has 1 N–H and O–H groups in total. The standard InChI is InChI=1S/C14H19FN4/c1-3-19-10-17-18-14(19)9-16-11(2)8-12-6-4-5-7-13(12)15/h4-7,10-11,16H,3,8-9H2,1-2H3. The third-order valence-electron chi connectivity index (χ3n) is 3.13. The molecule has 0 bridgehead atoms.